The summed E-state index contributed by atoms with van der Waals surface area (Å²) >= 11 is 0. The summed E-state index contributed by atoms with van der Waals surface area (Å²) < 4.78 is 0. The molecule has 13 heavy (non-hydrogen) atoms. The lowest BCUT2D eigenvalue weighted by atomic mass is 9.48. The third-order valence-corrected chi connectivity index (χ3v) is 4.63. The van der Waals surface area contributed by atoms with Gasteiger partial charge in [0.25, 0.3) is 0 Å². The van der Waals surface area contributed by atoms with E-state index in [-0.39, 0.29) is 0 Å². The largest absolute Gasteiger partial charge is 0.0654 e. The second-order valence-electron chi connectivity index (χ2n) is 5.61. The minimum absolute atomic E-state index is 0.788. The van der Waals surface area contributed by atoms with E-state index in [1.165, 1.54) is 38.5 Å². The van der Waals surface area contributed by atoms with Gasteiger partial charge in [-0.2, -0.15) is 0 Å². The van der Waals surface area contributed by atoms with Gasteiger partial charge in [-0.25, -0.2) is 0 Å². The molecule has 3 atom stereocenters. The average molecular weight is 180 g/mol. The first-order chi connectivity index (χ1) is 6.26. The van der Waals surface area contributed by atoms with E-state index in [2.05, 4.69) is 13.8 Å². The van der Waals surface area contributed by atoms with E-state index >= 15 is 0 Å². The summed E-state index contributed by atoms with van der Waals surface area (Å²) in [6.07, 6.45) is 12.0. The Hall–Kier alpha value is 0. The molecule has 0 heteroatoms. The molecule has 2 rings (SSSR count). The van der Waals surface area contributed by atoms with Crippen LogP contribution in [-0.2, 0) is 0 Å². The predicted octanol–water partition coefficient (Wildman–Crippen LogP) is 4.39. The fourth-order valence-corrected chi connectivity index (χ4v) is 3.84. The van der Waals surface area contributed by atoms with Crippen LogP contribution in [0.4, 0.5) is 0 Å². The zero-order valence-corrected chi connectivity index (χ0v) is 9.31. The molecule has 0 bridgehead atoms. The van der Waals surface area contributed by atoms with E-state index in [4.69, 9.17) is 0 Å². The molecule has 2 aliphatic rings. The van der Waals surface area contributed by atoms with Crippen molar-refractivity contribution in [3.8, 4) is 0 Å². The lowest BCUT2D eigenvalue weighted by Gasteiger charge is -2.57. The molecule has 0 aliphatic heterocycles. The Labute approximate surface area is 83.1 Å². The minimum Gasteiger partial charge on any atom is -0.0654 e. The normalized spacial score (nSPS) is 43.8. The Morgan fingerprint density at radius 1 is 1.31 bits per heavy atom. The van der Waals surface area contributed by atoms with Crippen molar-refractivity contribution in [3.63, 3.8) is 0 Å². The van der Waals surface area contributed by atoms with Gasteiger partial charge in [0.2, 0.25) is 0 Å². The van der Waals surface area contributed by atoms with Gasteiger partial charge in [-0.3, -0.25) is 0 Å². The van der Waals surface area contributed by atoms with Crippen LogP contribution in [0, 0.1) is 17.3 Å². The maximum atomic E-state index is 2.54. The van der Waals surface area contributed by atoms with Crippen LogP contribution in [0.2, 0.25) is 0 Å². The zero-order chi connectivity index (χ0) is 9.31. The lowest BCUT2D eigenvalue weighted by molar-refractivity contribution is -0.0670. The number of fused-ring (bicyclic) bond motifs is 1. The van der Waals surface area contributed by atoms with Gasteiger partial charge in [-0.15, -0.1) is 0 Å². The zero-order valence-electron chi connectivity index (χ0n) is 9.31. The van der Waals surface area contributed by atoms with Gasteiger partial charge in [0.1, 0.15) is 0 Å². The lowest BCUT2D eigenvalue weighted by Crippen LogP contribution is -2.47. The minimum atomic E-state index is 0.788. The quantitative estimate of drug-likeness (QED) is 0.604. The average Bonchev–Trinajstić information content (AvgIpc) is 2.10. The van der Waals surface area contributed by atoms with Gasteiger partial charge < -0.3 is 0 Å². The SMILES string of the molecule is CCCCC1CC2(C)CCCCC12. The fraction of sp³-hybridized carbons (Fsp3) is 1.00. The molecule has 0 heterocycles. The molecule has 0 aromatic heterocycles. The van der Waals surface area contributed by atoms with Crippen LogP contribution >= 0.6 is 0 Å². The Morgan fingerprint density at radius 2 is 2.15 bits per heavy atom. The summed E-state index contributed by atoms with van der Waals surface area (Å²) in [6.45, 7) is 4.86. The van der Waals surface area contributed by atoms with Crippen LogP contribution in [0.5, 0.6) is 0 Å². The second-order valence-corrected chi connectivity index (χ2v) is 5.61. The first kappa shape index (κ1) is 9.55. The van der Waals surface area contributed by atoms with E-state index in [1.54, 1.807) is 12.8 Å². The summed E-state index contributed by atoms with van der Waals surface area (Å²) in [5, 5.41) is 0. The highest BCUT2D eigenvalue weighted by Gasteiger charge is 2.50. The molecule has 0 spiro atoms. The standard InChI is InChI=1S/C13H24/c1-3-4-7-11-10-13(2)9-6-5-8-12(11)13/h11-12H,3-10H2,1-2H3. The number of hydrogen-bond donors (Lipinski definition) is 0. The van der Waals surface area contributed by atoms with Gasteiger partial charge >= 0.3 is 0 Å². The summed E-state index contributed by atoms with van der Waals surface area (Å²) in [6, 6.07) is 0. The Balaban J connectivity index is 1.84. The van der Waals surface area contributed by atoms with Gasteiger partial charge in [0.05, 0.1) is 0 Å². The second kappa shape index (κ2) is 3.63. The number of rotatable bonds is 3. The highest BCUT2D eigenvalue weighted by Crippen LogP contribution is 2.59. The third kappa shape index (κ3) is 1.65. The number of unbranched alkanes of at least 4 members (excludes halogenated alkanes) is 1. The van der Waals surface area contributed by atoms with Crippen LogP contribution < -0.4 is 0 Å². The van der Waals surface area contributed by atoms with E-state index in [1.807, 2.05) is 0 Å². The first-order valence-corrected chi connectivity index (χ1v) is 6.26. The van der Waals surface area contributed by atoms with Crippen LogP contribution in [0.1, 0.15) is 65.2 Å². The molecule has 0 aromatic rings. The fourth-order valence-electron chi connectivity index (χ4n) is 3.84. The number of hydrogen-bond acceptors (Lipinski definition) is 0. The summed E-state index contributed by atoms with van der Waals surface area (Å²) in [5.74, 6) is 2.23. The van der Waals surface area contributed by atoms with Crippen molar-refractivity contribution < 1.29 is 0 Å². The van der Waals surface area contributed by atoms with E-state index < -0.39 is 0 Å². The maximum absolute atomic E-state index is 2.54. The molecular formula is C13H24. The van der Waals surface area contributed by atoms with Crippen molar-refractivity contribution >= 4 is 0 Å². The summed E-state index contributed by atoms with van der Waals surface area (Å²) in [5.41, 5.74) is 0.788. The van der Waals surface area contributed by atoms with Gasteiger partial charge in [0, 0.05) is 0 Å². The maximum Gasteiger partial charge on any atom is -0.0292 e. The van der Waals surface area contributed by atoms with Crippen molar-refractivity contribution in [2.24, 2.45) is 17.3 Å². The van der Waals surface area contributed by atoms with Crippen LogP contribution in [0.15, 0.2) is 0 Å². The van der Waals surface area contributed by atoms with Gasteiger partial charge in [-0.1, -0.05) is 46.0 Å². The molecule has 2 saturated carbocycles. The molecule has 76 valence electrons. The van der Waals surface area contributed by atoms with Gasteiger partial charge in [-0.05, 0) is 36.5 Å². The van der Waals surface area contributed by atoms with Crippen LogP contribution in [0.25, 0.3) is 0 Å². The van der Waals surface area contributed by atoms with Crippen LogP contribution in [-0.4, -0.2) is 0 Å². The topological polar surface area (TPSA) is 0 Å². The third-order valence-electron chi connectivity index (χ3n) is 4.63. The molecular weight excluding hydrogens is 156 g/mol. The Bertz CT molecular complexity index is 173. The van der Waals surface area contributed by atoms with Crippen molar-refractivity contribution in [2.45, 2.75) is 65.2 Å². The summed E-state index contributed by atoms with van der Waals surface area (Å²) in [4.78, 5) is 0. The molecule has 0 saturated heterocycles. The smallest absolute Gasteiger partial charge is 0.0292 e. The van der Waals surface area contributed by atoms with Crippen molar-refractivity contribution in [2.75, 3.05) is 0 Å². The Morgan fingerprint density at radius 3 is 2.85 bits per heavy atom. The van der Waals surface area contributed by atoms with Gasteiger partial charge in [0.15, 0.2) is 0 Å². The first-order valence-electron chi connectivity index (χ1n) is 6.26. The highest BCUT2D eigenvalue weighted by molar-refractivity contribution is 5.00. The molecule has 0 aromatic carbocycles. The molecule has 2 fully saturated rings. The van der Waals surface area contributed by atoms with Crippen LogP contribution in [0.3, 0.4) is 0 Å². The van der Waals surface area contributed by atoms with E-state index in [9.17, 15) is 0 Å². The monoisotopic (exact) mass is 180 g/mol. The molecule has 2 aliphatic carbocycles. The molecule has 0 radical (unpaired) electrons. The van der Waals surface area contributed by atoms with Crippen molar-refractivity contribution in [1.29, 1.82) is 0 Å². The summed E-state index contributed by atoms with van der Waals surface area (Å²) in [7, 11) is 0. The molecule has 0 nitrogen and oxygen atoms in total. The molecule has 0 amide bonds. The molecule has 3 unspecified atom stereocenters. The highest BCUT2D eigenvalue weighted by atomic mass is 14.5. The van der Waals surface area contributed by atoms with Crippen molar-refractivity contribution in [1.82, 2.24) is 0 Å². The van der Waals surface area contributed by atoms with Crippen molar-refractivity contribution in [3.05, 3.63) is 0 Å². The van der Waals surface area contributed by atoms with E-state index in [0.29, 0.717) is 0 Å². The predicted molar refractivity (Wildman–Crippen MR) is 57.7 cm³/mol. The Kier molecular flexibility index (Phi) is 2.67. The molecule has 0 N–H and O–H groups in total. The van der Waals surface area contributed by atoms with E-state index in [0.717, 1.165) is 17.3 Å².